The summed E-state index contributed by atoms with van der Waals surface area (Å²) in [6.45, 7) is 1.35. The van der Waals surface area contributed by atoms with E-state index in [2.05, 4.69) is 17.9 Å². The summed E-state index contributed by atoms with van der Waals surface area (Å²) in [4.78, 5) is 0. The molecule has 2 N–H and O–H groups in total. The lowest BCUT2D eigenvalue weighted by atomic mass is 10.0. The fraction of sp³-hybridized carbons (Fsp3) is 0.963. The summed E-state index contributed by atoms with van der Waals surface area (Å²) in [6, 6.07) is 0. The monoisotopic (exact) mass is 473 g/mol. The smallest absolute Gasteiger partial charge is 0.130 e. The molecule has 0 aromatic rings. The summed E-state index contributed by atoms with van der Waals surface area (Å²) in [5, 5.41) is 11.9. The minimum absolute atomic E-state index is 0.369. The summed E-state index contributed by atoms with van der Waals surface area (Å²) >= 11 is 8.95. The number of nitrogens with one attached hydrogen (secondary N) is 1. The summed E-state index contributed by atoms with van der Waals surface area (Å²) in [5.74, 6) is 0. The molecule has 0 atom stereocenters. The largest absolute Gasteiger partial charge is 0.396 e. The molecule has 0 bridgehead atoms. The van der Waals surface area contributed by atoms with E-state index >= 15 is 0 Å². The van der Waals surface area contributed by atoms with Crippen LogP contribution >= 0.6 is 24.8 Å². The van der Waals surface area contributed by atoms with Crippen LogP contribution in [0.25, 0.3) is 0 Å². The van der Waals surface area contributed by atoms with Crippen LogP contribution in [0.4, 0.5) is 0 Å². The maximum atomic E-state index is 8.75. The highest BCUT2D eigenvalue weighted by Gasteiger charge is 1.96. The molecule has 0 aromatic heterocycles. The third-order valence-electron chi connectivity index (χ3n) is 6.36. The highest BCUT2D eigenvalue weighted by molar-refractivity contribution is 8.11. The number of aliphatic hydroxyl groups excluding tert-OH is 1. The summed E-state index contributed by atoms with van der Waals surface area (Å²) < 4.78 is 0.624. The highest BCUT2D eigenvalue weighted by atomic mass is 32.1. The third-order valence-corrected chi connectivity index (χ3v) is 6.66. The van der Waals surface area contributed by atoms with Gasteiger partial charge in [-0.1, -0.05) is 153 Å². The molecule has 0 aliphatic rings. The number of thiol groups is 1. The van der Waals surface area contributed by atoms with Crippen molar-refractivity contribution in [1.29, 1.82) is 0 Å². The van der Waals surface area contributed by atoms with Crippen LogP contribution in [0.3, 0.4) is 0 Å². The second-order valence-electron chi connectivity index (χ2n) is 9.44. The van der Waals surface area contributed by atoms with Crippen LogP contribution in [-0.4, -0.2) is 22.6 Å². The fourth-order valence-electron chi connectivity index (χ4n) is 4.32. The predicted octanol–water partition coefficient (Wildman–Crippen LogP) is 9.15. The molecule has 0 rings (SSSR count). The third kappa shape index (κ3) is 30.2. The molecule has 0 fully saturated rings. The van der Waals surface area contributed by atoms with Crippen molar-refractivity contribution < 1.29 is 5.11 Å². The molecule has 0 spiro atoms. The standard InChI is InChI=1S/C27H55NOS2/c29-26-24-22-20-18-16-14-12-10-8-6-4-2-1-3-5-7-9-11-13-15-17-19-21-23-25-28-27(30)31/h29H,1-26H2,(H2,28,30,31). The molecule has 0 amide bonds. The minimum atomic E-state index is 0.369. The molecule has 0 radical (unpaired) electrons. The molecule has 0 aliphatic heterocycles. The normalized spacial score (nSPS) is 11.2. The molecule has 0 saturated heterocycles. The van der Waals surface area contributed by atoms with Gasteiger partial charge < -0.3 is 10.4 Å². The van der Waals surface area contributed by atoms with E-state index < -0.39 is 0 Å². The van der Waals surface area contributed by atoms with Crippen molar-refractivity contribution in [3.8, 4) is 0 Å². The van der Waals surface area contributed by atoms with Gasteiger partial charge in [0.1, 0.15) is 4.32 Å². The van der Waals surface area contributed by atoms with Crippen LogP contribution in [0.2, 0.25) is 0 Å². The first-order valence-electron chi connectivity index (χ1n) is 13.8. The Kier molecular flexibility index (Phi) is 28.4. The van der Waals surface area contributed by atoms with E-state index in [1.165, 1.54) is 148 Å². The topological polar surface area (TPSA) is 32.3 Å². The van der Waals surface area contributed by atoms with E-state index in [0.717, 1.165) is 13.0 Å². The Morgan fingerprint density at radius 1 is 0.452 bits per heavy atom. The molecule has 186 valence electrons. The minimum Gasteiger partial charge on any atom is -0.396 e. The lowest BCUT2D eigenvalue weighted by Gasteiger charge is -2.05. The van der Waals surface area contributed by atoms with Crippen LogP contribution in [0.5, 0.6) is 0 Å². The fourth-order valence-corrected chi connectivity index (χ4v) is 4.54. The van der Waals surface area contributed by atoms with Gasteiger partial charge in [-0.25, -0.2) is 0 Å². The molecule has 4 heteroatoms. The molecule has 0 saturated carbocycles. The molecular formula is C27H55NOS2. The summed E-state index contributed by atoms with van der Waals surface area (Å²) in [5.41, 5.74) is 0. The van der Waals surface area contributed by atoms with Gasteiger partial charge in [-0.2, -0.15) is 0 Å². The van der Waals surface area contributed by atoms with Gasteiger partial charge >= 0.3 is 0 Å². The molecular weight excluding hydrogens is 418 g/mol. The van der Waals surface area contributed by atoms with Crippen LogP contribution in [0, 0.1) is 0 Å². The van der Waals surface area contributed by atoms with Crippen LogP contribution in [0.1, 0.15) is 154 Å². The van der Waals surface area contributed by atoms with Gasteiger partial charge in [0.05, 0.1) is 0 Å². The first kappa shape index (κ1) is 31.2. The van der Waals surface area contributed by atoms with E-state index in [9.17, 15) is 0 Å². The Balaban J connectivity index is 3.00. The predicted molar refractivity (Wildman–Crippen MR) is 147 cm³/mol. The van der Waals surface area contributed by atoms with Gasteiger partial charge in [-0.05, 0) is 12.8 Å². The molecule has 0 heterocycles. The average molecular weight is 474 g/mol. The highest BCUT2D eigenvalue weighted by Crippen LogP contribution is 2.15. The van der Waals surface area contributed by atoms with Gasteiger partial charge in [-0.15, -0.1) is 12.6 Å². The number of aliphatic hydroxyl groups is 1. The first-order chi connectivity index (χ1) is 15.3. The van der Waals surface area contributed by atoms with Crippen molar-refractivity contribution in [1.82, 2.24) is 5.32 Å². The molecule has 2 nitrogen and oxygen atoms in total. The van der Waals surface area contributed by atoms with Crippen molar-refractivity contribution >= 4 is 29.2 Å². The zero-order valence-electron chi connectivity index (χ0n) is 20.7. The first-order valence-corrected chi connectivity index (χ1v) is 14.7. The quantitative estimate of drug-likeness (QED) is 0.0665. The average Bonchev–Trinajstić information content (AvgIpc) is 2.76. The molecule has 0 aliphatic carbocycles. The van der Waals surface area contributed by atoms with Crippen LogP contribution < -0.4 is 5.32 Å². The molecule has 31 heavy (non-hydrogen) atoms. The number of hydrogen-bond acceptors (Lipinski definition) is 2. The van der Waals surface area contributed by atoms with E-state index in [1.54, 1.807) is 0 Å². The van der Waals surface area contributed by atoms with Crippen molar-refractivity contribution in [2.45, 2.75) is 154 Å². The number of hydrogen-bond donors (Lipinski definition) is 3. The van der Waals surface area contributed by atoms with Gasteiger partial charge in [0, 0.05) is 13.2 Å². The summed E-state index contributed by atoms with van der Waals surface area (Å²) in [7, 11) is 0. The van der Waals surface area contributed by atoms with Crippen molar-refractivity contribution in [2.24, 2.45) is 0 Å². The van der Waals surface area contributed by atoms with Crippen LogP contribution in [-0.2, 0) is 0 Å². The number of thiocarbonyl (C=S) groups is 1. The lowest BCUT2D eigenvalue weighted by Crippen LogP contribution is -2.17. The van der Waals surface area contributed by atoms with Crippen molar-refractivity contribution in [3.05, 3.63) is 0 Å². The van der Waals surface area contributed by atoms with Crippen LogP contribution in [0.15, 0.2) is 0 Å². The Labute approximate surface area is 206 Å². The summed E-state index contributed by atoms with van der Waals surface area (Å²) in [6.07, 6.45) is 33.3. The van der Waals surface area contributed by atoms with E-state index in [1.807, 2.05) is 0 Å². The maximum absolute atomic E-state index is 8.75. The van der Waals surface area contributed by atoms with Gasteiger partial charge in [0.25, 0.3) is 0 Å². The number of unbranched alkanes of at least 4 members (excludes halogenated alkanes) is 23. The Hall–Kier alpha value is 0.200. The van der Waals surface area contributed by atoms with E-state index in [4.69, 9.17) is 17.3 Å². The zero-order chi connectivity index (χ0) is 22.7. The Morgan fingerprint density at radius 3 is 0.903 bits per heavy atom. The Morgan fingerprint density at radius 2 is 0.677 bits per heavy atom. The van der Waals surface area contributed by atoms with Gasteiger partial charge in [0.2, 0.25) is 0 Å². The Bertz CT molecular complexity index is 352. The van der Waals surface area contributed by atoms with E-state index in [-0.39, 0.29) is 0 Å². The van der Waals surface area contributed by atoms with E-state index in [0.29, 0.717) is 10.9 Å². The SMILES string of the molecule is OCCCCCCCCCCCCCCCCCCCCCCCCCCNC(=S)S. The number of rotatable bonds is 26. The molecule has 0 aromatic carbocycles. The second-order valence-corrected chi connectivity index (χ2v) is 10.6. The second kappa shape index (κ2) is 28.2. The molecule has 0 unspecified atom stereocenters. The zero-order valence-corrected chi connectivity index (χ0v) is 22.4. The van der Waals surface area contributed by atoms with Gasteiger partial charge in [-0.3, -0.25) is 0 Å². The van der Waals surface area contributed by atoms with Crippen molar-refractivity contribution in [3.63, 3.8) is 0 Å². The lowest BCUT2D eigenvalue weighted by molar-refractivity contribution is 0.282. The van der Waals surface area contributed by atoms with Gasteiger partial charge in [0.15, 0.2) is 0 Å². The maximum Gasteiger partial charge on any atom is 0.130 e. The van der Waals surface area contributed by atoms with Crippen molar-refractivity contribution in [2.75, 3.05) is 13.2 Å².